The molecular formula is C19H20N2O2. The van der Waals surface area contributed by atoms with Gasteiger partial charge in [0.15, 0.2) is 0 Å². The van der Waals surface area contributed by atoms with Gasteiger partial charge in [0.05, 0.1) is 23.8 Å². The molecule has 0 saturated heterocycles. The molecule has 0 N–H and O–H groups in total. The summed E-state index contributed by atoms with van der Waals surface area (Å²) in [6.07, 6.45) is 3.41. The van der Waals surface area contributed by atoms with Crippen LogP contribution in [0.15, 0.2) is 59.7 Å². The van der Waals surface area contributed by atoms with Crippen molar-refractivity contribution in [2.24, 2.45) is 0 Å². The van der Waals surface area contributed by atoms with Crippen LogP contribution in [0, 0.1) is 6.92 Å². The summed E-state index contributed by atoms with van der Waals surface area (Å²) in [6, 6.07) is 15.5. The van der Waals surface area contributed by atoms with Crippen LogP contribution in [0.2, 0.25) is 0 Å². The van der Waals surface area contributed by atoms with Crippen molar-refractivity contribution < 1.29 is 4.74 Å². The monoisotopic (exact) mass is 308 g/mol. The summed E-state index contributed by atoms with van der Waals surface area (Å²) in [4.78, 5) is 16.7. The summed E-state index contributed by atoms with van der Waals surface area (Å²) in [5.41, 5.74) is 1.96. The largest absolute Gasteiger partial charge is 0.494 e. The fourth-order valence-corrected chi connectivity index (χ4v) is 2.54. The predicted molar refractivity (Wildman–Crippen MR) is 91.9 cm³/mol. The summed E-state index contributed by atoms with van der Waals surface area (Å²) in [5, 5.41) is 0.672. The molecule has 0 bridgehead atoms. The topological polar surface area (TPSA) is 44.1 Å². The minimum atomic E-state index is 0.0233. The molecule has 1 aromatic heterocycles. The molecule has 3 aromatic rings. The van der Waals surface area contributed by atoms with Gasteiger partial charge < -0.3 is 4.74 Å². The molecule has 0 fully saturated rings. The number of hydrogen-bond donors (Lipinski definition) is 0. The van der Waals surface area contributed by atoms with Gasteiger partial charge in [-0.2, -0.15) is 0 Å². The highest BCUT2D eigenvalue weighted by atomic mass is 16.5. The highest BCUT2D eigenvalue weighted by Crippen LogP contribution is 2.12. The fourth-order valence-electron chi connectivity index (χ4n) is 2.54. The van der Waals surface area contributed by atoms with E-state index in [-0.39, 0.29) is 5.56 Å². The van der Waals surface area contributed by atoms with Gasteiger partial charge >= 0.3 is 0 Å². The number of ether oxygens (including phenoxy) is 1. The van der Waals surface area contributed by atoms with Crippen molar-refractivity contribution in [2.45, 2.75) is 26.3 Å². The van der Waals surface area contributed by atoms with Gasteiger partial charge in [0.1, 0.15) is 5.75 Å². The number of rotatable bonds is 6. The maximum absolute atomic E-state index is 12.3. The van der Waals surface area contributed by atoms with Crippen LogP contribution < -0.4 is 10.3 Å². The van der Waals surface area contributed by atoms with Crippen LogP contribution >= 0.6 is 0 Å². The number of unbranched alkanes of at least 4 members (excludes halogenated alkanes) is 1. The number of nitrogens with zero attached hydrogens (tertiary/aromatic N) is 2. The number of hydrogen-bond acceptors (Lipinski definition) is 3. The fraction of sp³-hybridized carbons (Fsp3) is 0.263. The van der Waals surface area contributed by atoms with E-state index in [2.05, 4.69) is 4.98 Å². The zero-order valence-corrected chi connectivity index (χ0v) is 13.2. The lowest BCUT2D eigenvalue weighted by molar-refractivity contribution is 0.302. The molecule has 1 heterocycles. The van der Waals surface area contributed by atoms with Gasteiger partial charge in [0.2, 0.25) is 0 Å². The normalized spacial score (nSPS) is 10.8. The molecule has 4 heteroatoms. The molecule has 0 spiro atoms. The van der Waals surface area contributed by atoms with E-state index in [9.17, 15) is 4.79 Å². The molecule has 0 saturated carbocycles. The molecule has 23 heavy (non-hydrogen) atoms. The number of benzene rings is 2. The Balaban J connectivity index is 1.53. The van der Waals surface area contributed by atoms with E-state index in [1.165, 1.54) is 5.56 Å². The second kappa shape index (κ2) is 7.09. The SMILES string of the molecule is Cc1cccc(OCCCCn2cnc3ccccc3c2=O)c1. The van der Waals surface area contributed by atoms with Gasteiger partial charge in [0.25, 0.3) is 5.56 Å². The van der Waals surface area contributed by atoms with E-state index in [1.54, 1.807) is 10.9 Å². The Kier molecular flexibility index (Phi) is 4.71. The molecule has 0 amide bonds. The van der Waals surface area contributed by atoms with Crippen molar-refractivity contribution in [1.29, 1.82) is 0 Å². The molecule has 0 aliphatic heterocycles. The van der Waals surface area contributed by atoms with Gasteiger partial charge in [-0.1, -0.05) is 24.3 Å². The smallest absolute Gasteiger partial charge is 0.261 e. The number of aryl methyl sites for hydroxylation is 2. The Morgan fingerprint density at radius 2 is 1.96 bits per heavy atom. The second-order valence-electron chi connectivity index (χ2n) is 5.63. The molecule has 3 rings (SSSR count). The van der Waals surface area contributed by atoms with Crippen molar-refractivity contribution in [1.82, 2.24) is 9.55 Å². The predicted octanol–water partition coefficient (Wildman–Crippen LogP) is 3.56. The molecule has 0 aliphatic rings. The minimum absolute atomic E-state index is 0.0233. The van der Waals surface area contributed by atoms with Gasteiger partial charge in [-0.25, -0.2) is 4.98 Å². The Hall–Kier alpha value is -2.62. The zero-order valence-electron chi connectivity index (χ0n) is 13.2. The molecule has 0 unspecified atom stereocenters. The first-order valence-corrected chi connectivity index (χ1v) is 7.88. The van der Waals surface area contributed by atoms with Crippen LogP contribution in [0.25, 0.3) is 10.9 Å². The molecule has 0 aliphatic carbocycles. The van der Waals surface area contributed by atoms with E-state index in [4.69, 9.17) is 4.74 Å². The average Bonchev–Trinajstić information content (AvgIpc) is 2.57. The summed E-state index contributed by atoms with van der Waals surface area (Å²) in [6.45, 7) is 3.36. The number of fused-ring (bicyclic) bond motifs is 1. The van der Waals surface area contributed by atoms with Crippen molar-refractivity contribution >= 4 is 10.9 Å². The Morgan fingerprint density at radius 3 is 2.83 bits per heavy atom. The van der Waals surface area contributed by atoms with E-state index >= 15 is 0 Å². The Labute approximate surface area is 135 Å². The second-order valence-corrected chi connectivity index (χ2v) is 5.63. The van der Waals surface area contributed by atoms with E-state index in [1.807, 2.05) is 55.5 Å². The highest BCUT2D eigenvalue weighted by molar-refractivity contribution is 5.76. The van der Waals surface area contributed by atoms with Crippen molar-refractivity contribution in [2.75, 3.05) is 6.61 Å². The quantitative estimate of drug-likeness (QED) is 0.654. The van der Waals surface area contributed by atoms with Gasteiger partial charge in [0, 0.05) is 6.54 Å². The van der Waals surface area contributed by atoms with E-state index in [0.717, 1.165) is 24.1 Å². The van der Waals surface area contributed by atoms with Crippen LogP contribution in [-0.4, -0.2) is 16.2 Å². The summed E-state index contributed by atoms with van der Waals surface area (Å²) < 4.78 is 7.40. The lowest BCUT2D eigenvalue weighted by Crippen LogP contribution is -2.20. The Morgan fingerprint density at radius 1 is 1.09 bits per heavy atom. The first-order chi connectivity index (χ1) is 11.2. The average molecular weight is 308 g/mol. The molecule has 4 nitrogen and oxygen atoms in total. The van der Waals surface area contributed by atoms with Crippen LogP contribution in [-0.2, 0) is 6.54 Å². The molecule has 2 aromatic carbocycles. The minimum Gasteiger partial charge on any atom is -0.494 e. The molecule has 0 atom stereocenters. The van der Waals surface area contributed by atoms with Crippen LogP contribution in [0.1, 0.15) is 18.4 Å². The third kappa shape index (κ3) is 3.77. The zero-order chi connectivity index (χ0) is 16.1. The number of para-hydroxylation sites is 1. The van der Waals surface area contributed by atoms with Gasteiger partial charge in [-0.15, -0.1) is 0 Å². The van der Waals surface area contributed by atoms with Crippen molar-refractivity contribution in [3.8, 4) is 5.75 Å². The summed E-state index contributed by atoms with van der Waals surface area (Å²) >= 11 is 0. The van der Waals surface area contributed by atoms with Crippen LogP contribution in [0.5, 0.6) is 5.75 Å². The lowest BCUT2D eigenvalue weighted by atomic mass is 10.2. The lowest BCUT2D eigenvalue weighted by Gasteiger charge is -2.08. The third-order valence-corrected chi connectivity index (χ3v) is 3.78. The standard InChI is InChI=1S/C19H20N2O2/c1-15-7-6-8-16(13-15)23-12-5-4-11-21-14-20-18-10-3-2-9-17(18)19(21)22/h2-3,6-10,13-14H,4-5,11-12H2,1H3. The van der Waals surface area contributed by atoms with E-state index in [0.29, 0.717) is 18.5 Å². The maximum atomic E-state index is 12.3. The van der Waals surface area contributed by atoms with Gasteiger partial charge in [-0.05, 0) is 49.6 Å². The Bertz CT molecular complexity index is 855. The van der Waals surface area contributed by atoms with Crippen LogP contribution in [0.4, 0.5) is 0 Å². The van der Waals surface area contributed by atoms with Crippen LogP contribution in [0.3, 0.4) is 0 Å². The van der Waals surface area contributed by atoms with Gasteiger partial charge in [-0.3, -0.25) is 9.36 Å². The summed E-state index contributed by atoms with van der Waals surface area (Å²) in [5.74, 6) is 0.898. The third-order valence-electron chi connectivity index (χ3n) is 3.78. The highest BCUT2D eigenvalue weighted by Gasteiger charge is 2.03. The first kappa shape index (κ1) is 15.3. The molecule has 118 valence electrons. The summed E-state index contributed by atoms with van der Waals surface area (Å²) in [7, 11) is 0. The van der Waals surface area contributed by atoms with E-state index < -0.39 is 0 Å². The molecular weight excluding hydrogens is 288 g/mol. The van der Waals surface area contributed by atoms with Crippen molar-refractivity contribution in [3.05, 3.63) is 70.8 Å². The first-order valence-electron chi connectivity index (χ1n) is 7.88. The van der Waals surface area contributed by atoms with Crippen molar-refractivity contribution in [3.63, 3.8) is 0 Å². The molecule has 0 radical (unpaired) electrons. The number of aromatic nitrogens is 2. The maximum Gasteiger partial charge on any atom is 0.261 e.